The van der Waals surface area contributed by atoms with E-state index in [2.05, 4.69) is 19.5 Å². The Labute approximate surface area is 163 Å². The molecular weight excluding hydrogens is 439 g/mol. The zero-order valence-corrected chi connectivity index (χ0v) is 16.7. The van der Waals surface area contributed by atoms with Crippen molar-refractivity contribution in [1.82, 2.24) is 19.5 Å². The second-order valence-corrected chi connectivity index (χ2v) is 7.85. The van der Waals surface area contributed by atoms with Gasteiger partial charge < -0.3 is 35.6 Å². The predicted octanol–water partition coefficient (Wildman–Crippen LogP) is -1.61. The Morgan fingerprint density at radius 1 is 1.48 bits per heavy atom. The minimum absolute atomic E-state index is 0. The molecule has 8 N–H and O–H groups in total. The Morgan fingerprint density at radius 2 is 2.07 bits per heavy atom. The van der Waals surface area contributed by atoms with Crippen molar-refractivity contribution >= 4 is 33.1 Å². The molecule has 17 heteroatoms. The highest BCUT2D eigenvalue weighted by Crippen LogP contribution is 2.44. The SMILES string of the molecule is CC1[C@@H](O)[C@@H](COP(=O)(O)O)C[C@H]1n1cnc2c(N)nc(F)nc21.O.O=[P+]([O-])O. The molecule has 0 radical (unpaired) electrons. The van der Waals surface area contributed by atoms with E-state index < -0.39 is 34.2 Å². The summed E-state index contributed by atoms with van der Waals surface area (Å²) in [6, 6.07) is -0.302. The zero-order valence-electron chi connectivity index (χ0n) is 14.9. The molecule has 2 aromatic heterocycles. The smallest absolute Gasteiger partial charge is 0.485 e. The molecule has 2 unspecified atom stereocenters. The van der Waals surface area contributed by atoms with Crippen molar-refractivity contribution in [3.63, 3.8) is 0 Å². The van der Waals surface area contributed by atoms with Gasteiger partial charge in [0.25, 0.3) is 0 Å². The van der Waals surface area contributed by atoms with E-state index in [0.29, 0.717) is 6.42 Å². The number of nitrogens with zero attached hydrogens (tertiary/aromatic N) is 4. The first-order chi connectivity index (χ1) is 12.9. The van der Waals surface area contributed by atoms with Crippen LogP contribution in [0.1, 0.15) is 19.4 Å². The highest BCUT2D eigenvalue weighted by molar-refractivity contribution is 7.46. The van der Waals surface area contributed by atoms with E-state index in [9.17, 15) is 14.1 Å². The number of phosphoric acid groups is 1. The summed E-state index contributed by atoms with van der Waals surface area (Å²) in [7, 11) is -7.73. The Kier molecular flexibility index (Phi) is 8.65. The van der Waals surface area contributed by atoms with Gasteiger partial charge >= 0.3 is 22.2 Å². The lowest BCUT2D eigenvalue weighted by molar-refractivity contribution is -0.180. The number of aromatic nitrogens is 4. The first-order valence-electron chi connectivity index (χ1n) is 7.77. The topological polar surface area (TPSA) is 248 Å². The average molecular weight is 459 g/mol. The lowest BCUT2D eigenvalue weighted by Gasteiger charge is -2.19. The molecule has 2 heterocycles. The Bertz CT molecular complexity index is 905. The fourth-order valence-electron chi connectivity index (χ4n) is 3.20. The van der Waals surface area contributed by atoms with E-state index in [1.54, 1.807) is 11.5 Å². The summed E-state index contributed by atoms with van der Waals surface area (Å²) in [4.78, 5) is 44.4. The molecule has 0 saturated heterocycles. The van der Waals surface area contributed by atoms with E-state index in [1.807, 2.05) is 0 Å². The summed E-state index contributed by atoms with van der Waals surface area (Å²) in [6.07, 6.45) is -0.0217. The number of anilines is 1. The molecule has 0 aliphatic heterocycles. The molecule has 0 spiro atoms. The molecular formula is C12H20FN5O9P2. The molecule has 3 rings (SSSR count). The number of aliphatic hydroxyl groups is 1. The van der Waals surface area contributed by atoms with E-state index in [4.69, 9.17) is 29.9 Å². The maximum absolute atomic E-state index is 13.4. The minimum Gasteiger partial charge on any atom is -0.567 e. The van der Waals surface area contributed by atoms with E-state index >= 15 is 0 Å². The molecule has 14 nitrogen and oxygen atoms in total. The number of rotatable bonds is 4. The number of imidazole rings is 1. The van der Waals surface area contributed by atoms with Crippen LogP contribution in [0.25, 0.3) is 11.2 Å². The van der Waals surface area contributed by atoms with Gasteiger partial charge in [-0.2, -0.15) is 19.3 Å². The maximum atomic E-state index is 13.4. The summed E-state index contributed by atoms with van der Waals surface area (Å²) >= 11 is 0. The first-order valence-corrected chi connectivity index (χ1v) is 10.4. The van der Waals surface area contributed by atoms with Crippen molar-refractivity contribution < 1.29 is 48.2 Å². The van der Waals surface area contributed by atoms with Crippen LogP contribution in [0.2, 0.25) is 0 Å². The highest BCUT2D eigenvalue weighted by atomic mass is 31.2. The van der Waals surface area contributed by atoms with E-state index in [-0.39, 0.29) is 41.0 Å². The summed E-state index contributed by atoms with van der Waals surface area (Å²) in [6.45, 7) is 1.49. The predicted molar refractivity (Wildman–Crippen MR) is 93.4 cm³/mol. The highest BCUT2D eigenvalue weighted by Gasteiger charge is 2.42. The number of aliphatic hydroxyl groups excluding tert-OH is 1. The second kappa shape index (κ2) is 9.89. The van der Waals surface area contributed by atoms with Crippen molar-refractivity contribution in [2.75, 3.05) is 12.3 Å². The molecule has 1 aliphatic carbocycles. The van der Waals surface area contributed by atoms with Gasteiger partial charge in [0.05, 0.1) is 19.0 Å². The van der Waals surface area contributed by atoms with Crippen molar-refractivity contribution in [3.8, 4) is 0 Å². The fraction of sp³-hybridized carbons (Fsp3) is 0.583. The molecule has 2 aromatic rings. The van der Waals surface area contributed by atoms with Crippen molar-refractivity contribution in [3.05, 3.63) is 12.4 Å². The summed E-state index contributed by atoms with van der Waals surface area (Å²) < 4.78 is 39.0. The molecule has 1 aliphatic rings. The molecule has 1 saturated carbocycles. The number of nitrogen functional groups attached to an aromatic ring is 1. The normalized spacial score (nSPS) is 24.6. The average Bonchev–Trinajstić information content (AvgIpc) is 3.07. The lowest BCUT2D eigenvalue weighted by atomic mass is 10.0. The van der Waals surface area contributed by atoms with Gasteiger partial charge in [0.2, 0.25) is 0 Å². The standard InChI is InChI=1S/C12H17FN5O5P.HO3P.H2O/c1-5-7(2-6(9(5)19)3-23-24(20,21)22)18-4-15-8-10(14)16-12(13)17-11(8)18;1-4(2)3;/h4-7,9,19H,2-3H2,1H3,(H2,14,16,17)(H2,20,21,22);(H,1,2,3);1H2/t5?,6-,7-,9-;;/m1../s1. The largest absolute Gasteiger partial charge is 0.567 e. The summed E-state index contributed by atoms with van der Waals surface area (Å²) in [5, 5.41) is 10.3. The molecule has 1 fully saturated rings. The summed E-state index contributed by atoms with van der Waals surface area (Å²) in [5.41, 5.74) is 6.10. The molecule has 5 atom stereocenters. The minimum atomic E-state index is -4.61. The third-order valence-electron chi connectivity index (χ3n) is 4.41. The van der Waals surface area contributed by atoms with Crippen LogP contribution in [-0.2, 0) is 13.7 Å². The van der Waals surface area contributed by atoms with Crippen LogP contribution < -0.4 is 10.6 Å². The third kappa shape index (κ3) is 6.40. The molecule has 0 aromatic carbocycles. The van der Waals surface area contributed by atoms with Gasteiger partial charge in [0.15, 0.2) is 11.5 Å². The van der Waals surface area contributed by atoms with Crippen LogP contribution >= 0.6 is 16.1 Å². The van der Waals surface area contributed by atoms with Gasteiger partial charge in [-0.25, -0.2) is 9.55 Å². The number of hydrogen-bond acceptors (Lipinski definition) is 9. The number of fused-ring (bicyclic) bond motifs is 1. The van der Waals surface area contributed by atoms with Gasteiger partial charge in [-0.05, 0) is 11.0 Å². The molecule has 0 bridgehead atoms. The van der Waals surface area contributed by atoms with Gasteiger partial charge in [-0.15, -0.1) is 0 Å². The zero-order chi connectivity index (χ0) is 21.2. The van der Waals surface area contributed by atoms with Crippen molar-refractivity contribution in [2.24, 2.45) is 11.8 Å². The van der Waals surface area contributed by atoms with E-state index in [1.165, 1.54) is 6.33 Å². The number of phosphoric ester groups is 1. The fourth-order valence-corrected chi connectivity index (χ4v) is 3.59. The maximum Gasteiger partial charge on any atom is 0.485 e. The quantitative estimate of drug-likeness (QED) is 0.256. The van der Waals surface area contributed by atoms with Crippen LogP contribution in [0.5, 0.6) is 0 Å². The molecule has 29 heavy (non-hydrogen) atoms. The third-order valence-corrected chi connectivity index (χ3v) is 4.89. The van der Waals surface area contributed by atoms with Gasteiger partial charge in [-0.1, -0.05) is 6.92 Å². The monoisotopic (exact) mass is 459 g/mol. The summed E-state index contributed by atoms with van der Waals surface area (Å²) in [5.74, 6) is -0.852. The first kappa shape index (κ1) is 25.4. The van der Waals surface area contributed by atoms with Crippen LogP contribution in [0.15, 0.2) is 6.33 Å². The number of hydrogen-bond donors (Lipinski definition) is 5. The van der Waals surface area contributed by atoms with Gasteiger partial charge in [-0.3, -0.25) is 4.52 Å². The van der Waals surface area contributed by atoms with Crippen molar-refractivity contribution in [2.45, 2.75) is 25.5 Å². The lowest BCUT2D eigenvalue weighted by Crippen LogP contribution is -2.24. The van der Waals surface area contributed by atoms with Crippen LogP contribution in [-0.4, -0.2) is 57.5 Å². The number of nitrogens with two attached hydrogens (primary N) is 1. The van der Waals surface area contributed by atoms with Gasteiger partial charge in [0, 0.05) is 17.9 Å². The van der Waals surface area contributed by atoms with E-state index in [0.717, 1.165) is 0 Å². The Morgan fingerprint density at radius 3 is 2.62 bits per heavy atom. The van der Waals surface area contributed by atoms with Crippen LogP contribution in [0.3, 0.4) is 0 Å². The van der Waals surface area contributed by atoms with Crippen molar-refractivity contribution in [1.29, 1.82) is 0 Å². The van der Waals surface area contributed by atoms with Gasteiger partial charge in [0.1, 0.15) is 5.52 Å². The molecule has 0 amide bonds. The molecule has 164 valence electrons. The Hall–Kier alpha value is -1.67. The second-order valence-electron chi connectivity index (χ2n) is 6.14. The van der Waals surface area contributed by atoms with Crippen LogP contribution in [0, 0.1) is 17.9 Å². The Balaban J connectivity index is 0.000000771. The van der Waals surface area contributed by atoms with Crippen LogP contribution in [0.4, 0.5) is 10.2 Å². The number of halogens is 1.